The Morgan fingerprint density at radius 3 is 1.83 bits per heavy atom. The summed E-state index contributed by atoms with van der Waals surface area (Å²) in [5, 5.41) is 0. The van der Waals surface area contributed by atoms with Crippen LogP contribution in [0.1, 0.15) is 11.1 Å². The molecular formula is C15H18N2O4S2. The van der Waals surface area contributed by atoms with Crippen molar-refractivity contribution in [3.8, 4) is 0 Å². The van der Waals surface area contributed by atoms with Crippen LogP contribution in [0.25, 0.3) is 0 Å². The molecule has 124 valence electrons. The first-order valence-corrected chi connectivity index (χ1v) is 10.1. The maximum atomic E-state index is 12.3. The molecule has 0 radical (unpaired) electrons. The Bertz CT molecular complexity index is 918. The van der Waals surface area contributed by atoms with Gasteiger partial charge >= 0.3 is 0 Å². The van der Waals surface area contributed by atoms with Gasteiger partial charge < -0.3 is 0 Å². The van der Waals surface area contributed by atoms with Gasteiger partial charge in [0.25, 0.3) is 10.0 Å². The number of benzene rings is 2. The van der Waals surface area contributed by atoms with Gasteiger partial charge in [0.15, 0.2) is 0 Å². The van der Waals surface area contributed by atoms with Crippen molar-refractivity contribution in [1.29, 1.82) is 0 Å². The van der Waals surface area contributed by atoms with Crippen molar-refractivity contribution in [2.75, 3.05) is 15.7 Å². The summed E-state index contributed by atoms with van der Waals surface area (Å²) in [6.45, 7) is 3.85. The highest BCUT2D eigenvalue weighted by Crippen LogP contribution is 2.20. The molecule has 2 rings (SSSR count). The Morgan fingerprint density at radius 2 is 1.30 bits per heavy atom. The Balaban J connectivity index is 2.24. The van der Waals surface area contributed by atoms with Crippen molar-refractivity contribution in [2.24, 2.45) is 0 Å². The smallest absolute Gasteiger partial charge is 0.261 e. The summed E-state index contributed by atoms with van der Waals surface area (Å²) in [6, 6.07) is 10.8. The minimum Gasteiger partial charge on any atom is -0.284 e. The van der Waals surface area contributed by atoms with E-state index in [0.29, 0.717) is 11.4 Å². The van der Waals surface area contributed by atoms with Crippen molar-refractivity contribution in [3.05, 3.63) is 53.6 Å². The van der Waals surface area contributed by atoms with E-state index in [1.165, 1.54) is 24.3 Å². The van der Waals surface area contributed by atoms with Gasteiger partial charge in [-0.3, -0.25) is 9.44 Å². The average molecular weight is 354 g/mol. The molecule has 0 unspecified atom stereocenters. The maximum Gasteiger partial charge on any atom is 0.261 e. The second-order valence-corrected chi connectivity index (χ2v) is 8.73. The Hall–Kier alpha value is -2.06. The van der Waals surface area contributed by atoms with E-state index in [1.54, 1.807) is 12.1 Å². The van der Waals surface area contributed by atoms with Gasteiger partial charge in [-0.15, -0.1) is 0 Å². The van der Waals surface area contributed by atoms with Gasteiger partial charge in [0.05, 0.1) is 11.2 Å². The predicted octanol–water partition coefficient (Wildman–Crippen LogP) is 2.48. The molecule has 0 spiro atoms. The van der Waals surface area contributed by atoms with Crippen molar-refractivity contribution in [2.45, 2.75) is 18.7 Å². The fraction of sp³-hybridized carbons (Fsp3) is 0.200. The highest BCUT2D eigenvalue weighted by atomic mass is 32.2. The summed E-state index contributed by atoms with van der Waals surface area (Å²) in [5.74, 6) is 0. The number of sulfonamides is 2. The van der Waals surface area contributed by atoms with E-state index in [1.807, 2.05) is 19.9 Å². The number of hydrogen-bond acceptors (Lipinski definition) is 4. The molecule has 0 heterocycles. The van der Waals surface area contributed by atoms with Crippen LogP contribution < -0.4 is 9.44 Å². The number of hydrogen-bond donors (Lipinski definition) is 2. The van der Waals surface area contributed by atoms with E-state index in [9.17, 15) is 16.8 Å². The number of nitrogens with one attached hydrogen (secondary N) is 2. The van der Waals surface area contributed by atoms with E-state index >= 15 is 0 Å². The zero-order valence-electron chi connectivity index (χ0n) is 13.0. The molecule has 23 heavy (non-hydrogen) atoms. The lowest BCUT2D eigenvalue weighted by molar-refractivity contribution is 0.601. The van der Waals surface area contributed by atoms with Crippen molar-refractivity contribution >= 4 is 31.4 Å². The molecule has 0 aromatic heterocycles. The summed E-state index contributed by atoms with van der Waals surface area (Å²) in [5.41, 5.74) is 2.84. The van der Waals surface area contributed by atoms with Crippen LogP contribution in [0.3, 0.4) is 0 Å². The molecule has 2 N–H and O–H groups in total. The lowest BCUT2D eigenvalue weighted by Gasteiger charge is -2.10. The van der Waals surface area contributed by atoms with Crippen molar-refractivity contribution < 1.29 is 16.8 Å². The third kappa shape index (κ3) is 4.70. The third-order valence-corrected chi connectivity index (χ3v) is 5.23. The maximum absolute atomic E-state index is 12.3. The van der Waals surface area contributed by atoms with Gasteiger partial charge in [0.1, 0.15) is 0 Å². The highest BCUT2D eigenvalue weighted by Gasteiger charge is 2.14. The van der Waals surface area contributed by atoms with Crippen LogP contribution in [0.2, 0.25) is 0 Å². The summed E-state index contributed by atoms with van der Waals surface area (Å²) in [4.78, 5) is 0.0507. The summed E-state index contributed by atoms with van der Waals surface area (Å²) < 4.78 is 51.8. The van der Waals surface area contributed by atoms with Gasteiger partial charge in [-0.05, 0) is 61.4 Å². The molecule has 2 aromatic rings. The molecule has 8 heteroatoms. The zero-order chi connectivity index (χ0) is 17.3. The lowest BCUT2D eigenvalue weighted by atomic mass is 10.1. The lowest BCUT2D eigenvalue weighted by Crippen LogP contribution is -2.13. The molecule has 0 atom stereocenters. The summed E-state index contributed by atoms with van der Waals surface area (Å²) >= 11 is 0. The van der Waals surface area contributed by atoms with Gasteiger partial charge in [-0.25, -0.2) is 16.8 Å². The molecule has 0 aliphatic carbocycles. The Kier molecular flexibility index (Phi) is 4.67. The predicted molar refractivity (Wildman–Crippen MR) is 91.6 cm³/mol. The summed E-state index contributed by atoms with van der Waals surface area (Å²) in [6.07, 6.45) is 1.03. The van der Waals surface area contributed by atoms with Gasteiger partial charge in [-0.2, -0.15) is 0 Å². The SMILES string of the molecule is Cc1ccc(NS(=O)(=O)c2ccc(NS(C)(=O)=O)cc2)cc1C. The molecular weight excluding hydrogens is 336 g/mol. The molecule has 2 aromatic carbocycles. The third-order valence-electron chi connectivity index (χ3n) is 3.23. The van der Waals surface area contributed by atoms with Gasteiger partial charge in [0.2, 0.25) is 10.0 Å². The van der Waals surface area contributed by atoms with Gasteiger partial charge in [-0.1, -0.05) is 6.07 Å². The van der Waals surface area contributed by atoms with Crippen LogP contribution in [0, 0.1) is 13.8 Å². The number of anilines is 2. The first-order valence-electron chi connectivity index (χ1n) is 6.75. The van der Waals surface area contributed by atoms with E-state index < -0.39 is 20.0 Å². The summed E-state index contributed by atoms with van der Waals surface area (Å²) in [7, 11) is -7.13. The largest absolute Gasteiger partial charge is 0.284 e. The Morgan fingerprint density at radius 1 is 0.739 bits per heavy atom. The van der Waals surface area contributed by atoms with Crippen LogP contribution in [-0.4, -0.2) is 23.1 Å². The quantitative estimate of drug-likeness (QED) is 0.863. The van der Waals surface area contributed by atoms with E-state index in [-0.39, 0.29) is 4.90 Å². The van der Waals surface area contributed by atoms with Crippen LogP contribution >= 0.6 is 0 Å². The average Bonchev–Trinajstić information content (AvgIpc) is 2.41. The molecule has 0 aliphatic heterocycles. The zero-order valence-corrected chi connectivity index (χ0v) is 14.6. The highest BCUT2D eigenvalue weighted by molar-refractivity contribution is 7.92. The monoisotopic (exact) mass is 354 g/mol. The topological polar surface area (TPSA) is 92.3 Å². The molecule has 0 amide bonds. The molecule has 0 fully saturated rings. The number of rotatable bonds is 5. The second-order valence-electron chi connectivity index (χ2n) is 5.30. The van der Waals surface area contributed by atoms with E-state index in [0.717, 1.165) is 17.4 Å². The number of aryl methyl sites for hydroxylation is 2. The second kappa shape index (κ2) is 6.21. The van der Waals surface area contributed by atoms with Crippen molar-refractivity contribution in [3.63, 3.8) is 0 Å². The van der Waals surface area contributed by atoms with Crippen LogP contribution in [-0.2, 0) is 20.0 Å². The van der Waals surface area contributed by atoms with Crippen LogP contribution in [0.15, 0.2) is 47.4 Å². The molecule has 0 bridgehead atoms. The van der Waals surface area contributed by atoms with E-state index in [2.05, 4.69) is 9.44 Å². The van der Waals surface area contributed by atoms with Gasteiger partial charge in [0, 0.05) is 11.4 Å². The van der Waals surface area contributed by atoms with Crippen LogP contribution in [0.4, 0.5) is 11.4 Å². The molecule has 0 saturated carbocycles. The minimum absolute atomic E-state index is 0.0507. The molecule has 0 saturated heterocycles. The molecule has 0 aliphatic rings. The standard InChI is InChI=1S/C15H18N2O4S2/c1-11-4-5-14(10-12(11)2)17-23(20,21)15-8-6-13(7-9-15)16-22(3,18)19/h4-10,16-17H,1-3H3. The molecule has 6 nitrogen and oxygen atoms in total. The van der Waals surface area contributed by atoms with Crippen molar-refractivity contribution in [1.82, 2.24) is 0 Å². The van der Waals surface area contributed by atoms with Crippen LogP contribution in [0.5, 0.6) is 0 Å². The Labute approximate surface area is 136 Å². The first-order chi connectivity index (χ1) is 10.6. The van der Waals surface area contributed by atoms with E-state index in [4.69, 9.17) is 0 Å². The first kappa shape index (κ1) is 17.3. The normalized spacial score (nSPS) is 12.0. The minimum atomic E-state index is -3.73. The fourth-order valence-corrected chi connectivity index (χ4v) is 3.55. The fourth-order valence-electron chi connectivity index (χ4n) is 1.94.